The maximum atomic E-state index is 11.6. The number of aliphatic carboxylic acids is 1. The van der Waals surface area contributed by atoms with Crippen LogP contribution in [0.5, 0.6) is 0 Å². The molecule has 0 saturated carbocycles. The minimum absolute atomic E-state index is 0.0602. The predicted octanol–water partition coefficient (Wildman–Crippen LogP) is 0.899. The zero-order valence-electron chi connectivity index (χ0n) is 9.98. The Balaban J connectivity index is 4.65. The SMILES string of the molecule is C#CCN(OC(=O)C(C)(C)C)[C@@H](C)C(=O)O. The van der Waals surface area contributed by atoms with Gasteiger partial charge in [-0.25, -0.2) is 4.79 Å². The number of carboxylic acids is 1. The second-order valence-electron chi connectivity index (χ2n) is 4.42. The van der Waals surface area contributed by atoms with Crippen LogP contribution in [0.1, 0.15) is 27.7 Å². The molecule has 0 aliphatic rings. The number of carboxylic acid groups (broad SMARTS) is 1. The lowest BCUT2D eigenvalue weighted by Crippen LogP contribution is -2.43. The predicted molar refractivity (Wildman–Crippen MR) is 58.2 cm³/mol. The lowest BCUT2D eigenvalue weighted by molar-refractivity contribution is -0.209. The summed E-state index contributed by atoms with van der Waals surface area (Å²) in [6.45, 7) is 6.36. The zero-order chi connectivity index (χ0) is 12.9. The highest BCUT2D eigenvalue weighted by molar-refractivity contribution is 5.76. The Hall–Kier alpha value is -1.54. The Labute approximate surface area is 95.3 Å². The molecule has 0 aromatic carbocycles. The molecule has 5 heteroatoms. The second kappa shape index (κ2) is 5.52. The second-order valence-corrected chi connectivity index (χ2v) is 4.42. The molecule has 0 aliphatic carbocycles. The molecule has 5 nitrogen and oxygen atoms in total. The van der Waals surface area contributed by atoms with E-state index in [0.717, 1.165) is 5.06 Å². The minimum Gasteiger partial charge on any atom is -0.480 e. The summed E-state index contributed by atoms with van der Waals surface area (Å²) in [4.78, 5) is 27.2. The van der Waals surface area contributed by atoms with E-state index < -0.39 is 23.4 Å². The largest absolute Gasteiger partial charge is 0.480 e. The van der Waals surface area contributed by atoms with Gasteiger partial charge < -0.3 is 9.94 Å². The van der Waals surface area contributed by atoms with E-state index in [1.807, 2.05) is 0 Å². The van der Waals surface area contributed by atoms with Crippen LogP contribution in [-0.4, -0.2) is 34.7 Å². The van der Waals surface area contributed by atoms with Crippen LogP contribution >= 0.6 is 0 Å². The van der Waals surface area contributed by atoms with Crippen LogP contribution in [0.25, 0.3) is 0 Å². The van der Waals surface area contributed by atoms with Crippen LogP contribution < -0.4 is 0 Å². The molecule has 0 fully saturated rings. The van der Waals surface area contributed by atoms with Gasteiger partial charge in [-0.2, -0.15) is 0 Å². The Morgan fingerprint density at radius 1 is 1.50 bits per heavy atom. The molecule has 1 N–H and O–H groups in total. The third-order valence-electron chi connectivity index (χ3n) is 1.85. The van der Waals surface area contributed by atoms with Crippen LogP contribution in [0.15, 0.2) is 0 Å². The van der Waals surface area contributed by atoms with Gasteiger partial charge in [-0.1, -0.05) is 5.92 Å². The van der Waals surface area contributed by atoms with E-state index in [-0.39, 0.29) is 6.54 Å². The van der Waals surface area contributed by atoms with Gasteiger partial charge in [-0.05, 0) is 27.7 Å². The van der Waals surface area contributed by atoms with Crippen molar-refractivity contribution in [1.29, 1.82) is 0 Å². The van der Waals surface area contributed by atoms with Crippen molar-refractivity contribution in [3.05, 3.63) is 0 Å². The van der Waals surface area contributed by atoms with Crippen LogP contribution in [0.3, 0.4) is 0 Å². The Bertz CT molecular complexity index is 311. The summed E-state index contributed by atoms with van der Waals surface area (Å²) in [5, 5.41) is 9.78. The number of rotatable bonds is 4. The molecular weight excluding hydrogens is 210 g/mol. The first-order valence-electron chi connectivity index (χ1n) is 4.85. The topological polar surface area (TPSA) is 66.8 Å². The van der Waals surface area contributed by atoms with Crippen LogP contribution in [0.4, 0.5) is 0 Å². The van der Waals surface area contributed by atoms with Crippen molar-refractivity contribution in [2.75, 3.05) is 6.54 Å². The minimum atomic E-state index is -1.10. The van der Waals surface area contributed by atoms with Gasteiger partial charge in [0.25, 0.3) is 0 Å². The highest BCUT2D eigenvalue weighted by atomic mass is 16.7. The highest BCUT2D eigenvalue weighted by Gasteiger charge is 2.29. The molecule has 90 valence electrons. The number of carbonyl (C=O) groups is 2. The molecule has 1 atom stereocenters. The van der Waals surface area contributed by atoms with E-state index in [4.69, 9.17) is 16.4 Å². The summed E-state index contributed by atoms with van der Waals surface area (Å²) in [5.41, 5.74) is -0.703. The first kappa shape index (κ1) is 14.5. The van der Waals surface area contributed by atoms with Crippen molar-refractivity contribution in [3.8, 4) is 12.3 Å². The molecule has 16 heavy (non-hydrogen) atoms. The number of nitrogens with zero attached hydrogens (tertiary/aromatic N) is 1. The Morgan fingerprint density at radius 2 is 2.00 bits per heavy atom. The standard InChI is InChI=1S/C11H17NO4/c1-6-7-12(8(2)9(13)14)16-10(15)11(3,4)5/h1,8H,7H2,2-5H3,(H,13,14)/t8-/m0/s1. The van der Waals surface area contributed by atoms with Gasteiger partial charge in [0.1, 0.15) is 6.04 Å². The Morgan fingerprint density at radius 3 is 2.31 bits per heavy atom. The van der Waals surface area contributed by atoms with Crippen molar-refractivity contribution < 1.29 is 19.5 Å². The monoisotopic (exact) mass is 227 g/mol. The van der Waals surface area contributed by atoms with Gasteiger partial charge in [-0.15, -0.1) is 11.5 Å². The summed E-state index contributed by atoms with van der Waals surface area (Å²) < 4.78 is 0. The van der Waals surface area contributed by atoms with Crippen molar-refractivity contribution >= 4 is 11.9 Å². The molecule has 0 spiro atoms. The van der Waals surface area contributed by atoms with E-state index in [0.29, 0.717) is 0 Å². The summed E-state index contributed by atoms with van der Waals surface area (Å²) in [5.74, 6) is 0.628. The number of hydrogen-bond donors (Lipinski definition) is 1. The molecule has 0 unspecified atom stereocenters. The van der Waals surface area contributed by atoms with Gasteiger partial charge in [0.15, 0.2) is 0 Å². The fraction of sp³-hybridized carbons (Fsp3) is 0.636. The van der Waals surface area contributed by atoms with Gasteiger partial charge in [-0.3, -0.25) is 4.79 Å². The van der Waals surface area contributed by atoms with Crippen LogP contribution in [0, 0.1) is 17.8 Å². The highest BCUT2D eigenvalue weighted by Crippen LogP contribution is 2.17. The fourth-order valence-electron chi connectivity index (χ4n) is 0.705. The lowest BCUT2D eigenvalue weighted by atomic mass is 9.98. The summed E-state index contributed by atoms with van der Waals surface area (Å²) >= 11 is 0. The first-order chi connectivity index (χ1) is 7.20. The number of hydroxylamine groups is 2. The van der Waals surface area contributed by atoms with Crippen LogP contribution in [0.2, 0.25) is 0 Å². The molecule has 0 radical (unpaired) electrons. The van der Waals surface area contributed by atoms with E-state index in [1.54, 1.807) is 20.8 Å². The normalized spacial score (nSPS) is 13.0. The van der Waals surface area contributed by atoms with Crippen molar-refractivity contribution in [3.63, 3.8) is 0 Å². The molecule has 0 aromatic rings. The van der Waals surface area contributed by atoms with Gasteiger partial charge in [0, 0.05) is 0 Å². The smallest absolute Gasteiger partial charge is 0.330 e. The third kappa shape index (κ3) is 4.32. The number of carbonyl (C=O) groups excluding carboxylic acids is 1. The molecule has 0 aliphatic heterocycles. The third-order valence-corrected chi connectivity index (χ3v) is 1.85. The van der Waals surface area contributed by atoms with Gasteiger partial charge in [0.2, 0.25) is 0 Å². The summed E-state index contributed by atoms with van der Waals surface area (Å²) in [7, 11) is 0. The molecule has 0 aromatic heterocycles. The number of terminal acetylenes is 1. The molecule has 0 bridgehead atoms. The summed E-state index contributed by atoms with van der Waals surface area (Å²) in [6.07, 6.45) is 5.08. The molecule has 0 amide bonds. The van der Waals surface area contributed by atoms with Gasteiger partial charge >= 0.3 is 11.9 Å². The molecular formula is C11H17NO4. The van der Waals surface area contributed by atoms with Gasteiger partial charge in [0.05, 0.1) is 12.0 Å². The average Bonchev–Trinajstić information content (AvgIpc) is 2.14. The maximum Gasteiger partial charge on any atom is 0.330 e. The first-order valence-corrected chi connectivity index (χ1v) is 4.85. The average molecular weight is 227 g/mol. The van der Waals surface area contributed by atoms with E-state index >= 15 is 0 Å². The van der Waals surface area contributed by atoms with Crippen LogP contribution in [-0.2, 0) is 14.4 Å². The summed E-state index contributed by atoms with van der Waals surface area (Å²) in [6, 6.07) is -0.970. The Kier molecular flexibility index (Phi) is 4.99. The lowest BCUT2D eigenvalue weighted by Gasteiger charge is -2.26. The van der Waals surface area contributed by atoms with E-state index in [2.05, 4.69) is 5.92 Å². The van der Waals surface area contributed by atoms with E-state index in [9.17, 15) is 9.59 Å². The number of hydrogen-bond acceptors (Lipinski definition) is 4. The van der Waals surface area contributed by atoms with E-state index in [1.165, 1.54) is 6.92 Å². The molecule has 0 heterocycles. The maximum absolute atomic E-state index is 11.6. The fourth-order valence-corrected chi connectivity index (χ4v) is 0.705. The molecule has 0 rings (SSSR count). The zero-order valence-corrected chi connectivity index (χ0v) is 9.98. The van der Waals surface area contributed by atoms with Crippen molar-refractivity contribution in [2.24, 2.45) is 5.41 Å². The van der Waals surface area contributed by atoms with Crippen molar-refractivity contribution in [1.82, 2.24) is 5.06 Å². The quantitative estimate of drug-likeness (QED) is 0.571. The van der Waals surface area contributed by atoms with Crippen molar-refractivity contribution in [2.45, 2.75) is 33.7 Å². The molecule has 0 saturated heterocycles.